The first-order valence-corrected chi connectivity index (χ1v) is 27.6. The Morgan fingerprint density at radius 1 is 0.393 bits per heavy atom. The van der Waals surface area contributed by atoms with Crippen molar-refractivity contribution in [2.24, 2.45) is 0 Å². The molecular weight excluding hydrogens is 755 g/mol. The third-order valence-corrected chi connectivity index (χ3v) is 13.2. The van der Waals surface area contributed by atoms with Gasteiger partial charge in [-0.3, -0.25) is 4.79 Å². The Morgan fingerprint density at radius 3 is 0.984 bits per heavy atom. The summed E-state index contributed by atoms with van der Waals surface area (Å²) in [4.78, 5) is 12.5. The van der Waals surface area contributed by atoms with Crippen molar-refractivity contribution < 1.29 is 25.2 Å². The van der Waals surface area contributed by atoms with E-state index in [1.165, 1.54) is 238 Å². The zero-order valence-corrected chi connectivity index (χ0v) is 41.2. The van der Waals surface area contributed by atoms with E-state index in [4.69, 9.17) is 0 Å². The molecule has 61 heavy (non-hydrogen) atoms. The Morgan fingerprint density at radius 2 is 0.672 bits per heavy atom. The molecule has 0 aliphatic heterocycles. The molecule has 4 unspecified atom stereocenters. The van der Waals surface area contributed by atoms with Crippen LogP contribution in [0.1, 0.15) is 303 Å². The lowest BCUT2D eigenvalue weighted by Crippen LogP contribution is -2.53. The summed E-state index contributed by atoms with van der Waals surface area (Å²) in [6.07, 6.45) is 58.7. The average Bonchev–Trinajstić information content (AvgIpc) is 3.26. The van der Waals surface area contributed by atoms with Crippen LogP contribution < -0.4 is 5.32 Å². The minimum absolute atomic E-state index is 0.367. The van der Waals surface area contributed by atoms with Gasteiger partial charge in [0.25, 0.3) is 0 Å². The third kappa shape index (κ3) is 44.1. The first-order chi connectivity index (χ1) is 30.0. The van der Waals surface area contributed by atoms with Crippen LogP contribution in [0.25, 0.3) is 0 Å². The van der Waals surface area contributed by atoms with Gasteiger partial charge in [-0.05, 0) is 38.5 Å². The standard InChI is InChI=1S/C55H109NO5/c1-3-5-7-9-11-13-15-17-18-19-20-21-22-23-24-25-26-27-28-29-30-31-32-33-34-35-37-38-40-42-44-46-48-52(58)54(60)51(50-57)56-55(61)53(59)49-47-45-43-41-39-36-16-14-12-10-8-6-4-2/h40,42,51-54,57-60H,3-39,41,43-50H2,1-2H3,(H,56,61)/b42-40+. The van der Waals surface area contributed by atoms with Gasteiger partial charge in [-0.2, -0.15) is 0 Å². The summed E-state index contributed by atoms with van der Waals surface area (Å²) < 4.78 is 0. The minimum Gasteiger partial charge on any atom is -0.394 e. The van der Waals surface area contributed by atoms with Gasteiger partial charge >= 0.3 is 0 Å². The Kier molecular flexibility index (Phi) is 49.3. The molecule has 0 saturated heterocycles. The van der Waals surface area contributed by atoms with Crippen molar-refractivity contribution in [1.29, 1.82) is 0 Å². The summed E-state index contributed by atoms with van der Waals surface area (Å²) >= 11 is 0. The highest BCUT2D eigenvalue weighted by atomic mass is 16.3. The number of aliphatic hydroxyl groups excluding tert-OH is 4. The fourth-order valence-corrected chi connectivity index (χ4v) is 8.88. The van der Waals surface area contributed by atoms with Gasteiger partial charge in [0.05, 0.1) is 18.8 Å². The van der Waals surface area contributed by atoms with E-state index in [0.717, 1.165) is 38.5 Å². The number of aliphatic hydroxyl groups is 4. The van der Waals surface area contributed by atoms with Gasteiger partial charge in [0.15, 0.2) is 0 Å². The molecule has 6 nitrogen and oxygen atoms in total. The van der Waals surface area contributed by atoms with Gasteiger partial charge in [0.1, 0.15) is 12.2 Å². The lowest BCUT2D eigenvalue weighted by Gasteiger charge is -2.27. The lowest BCUT2D eigenvalue weighted by molar-refractivity contribution is -0.132. The topological polar surface area (TPSA) is 110 Å². The molecule has 1 amide bonds. The Bertz CT molecular complexity index is 882. The van der Waals surface area contributed by atoms with E-state index in [0.29, 0.717) is 12.8 Å². The molecule has 0 heterocycles. The number of allylic oxidation sites excluding steroid dienone is 2. The SMILES string of the molecule is CCCCCCCCCCCCCCCCCCCCCCCCCCCCC/C=C/CCCC(O)C(O)C(CO)NC(=O)C(O)CCCCCCCCCCCCCCC. The second-order valence-electron chi connectivity index (χ2n) is 19.3. The summed E-state index contributed by atoms with van der Waals surface area (Å²) in [5.74, 6) is -0.589. The van der Waals surface area contributed by atoms with E-state index in [1.807, 2.05) is 0 Å². The number of rotatable bonds is 51. The fourth-order valence-electron chi connectivity index (χ4n) is 8.88. The van der Waals surface area contributed by atoms with Gasteiger partial charge in [-0.25, -0.2) is 0 Å². The maximum absolute atomic E-state index is 12.5. The summed E-state index contributed by atoms with van der Waals surface area (Å²) in [6.45, 7) is 4.06. The monoisotopic (exact) mass is 864 g/mol. The van der Waals surface area contributed by atoms with Crippen molar-refractivity contribution in [3.05, 3.63) is 12.2 Å². The van der Waals surface area contributed by atoms with Crippen LogP contribution in [0.3, 0.4) is 0 Å². The van der Waals surface area contributed by atoms with E-state index in [-0.39, 0.29) is 0 Å². The highest BCUT2D eigenvalue weighted by molar-refractivity contribution is 5.80. The number of nitrogens with one attached hydrogen (secondary N) is 1. The van der Waals surface area contributed by atoms with Crippen LogP contribution in [0.4, 0.5) is 0 Å². The van der Waals surface area contributed by atoms with Crippen molar-refractivity contribution in [2.45, 2.75) is 327 Å². The molecule has 0 aromatic carbocycles. The maximum atomic E-state index is 12.5. The summed E-state index contributed by atoms with van der Waals surface area (Å²) in [7, 11) is 0. The molecule has 0 fully saturated rings. The summed E-state index contributed by atoms with van der Waals surface area (Å²) in [5, 5.41) is 43.8. The highest BCUT2D eigenvalue weighted by Crippen LogP contribution is 2.18. The molecule has 0 spiro atoms. The number of hydrogen-bond donors (Lipinski definition) is 5. The van der Waals surface area contributed by atoms with Crippen molar-refractivity contribution >= 4 is 5.91 Å². The van der Waals surface area contributed by atoms with E-state index >= 15 is 0 Å². The molecule has 0 saturated carbocycles. The van der Waals surface area contributed by atoms with Gasteiger partial charge < -0.3 is 25.7 Å². The first-order valence-electron chi connectivity index (χ1n) is 27.6. The van der Waals surface area contributed by atoms with E-state index < -0.39 is 36.9 Å². The predicted molar refractivity (Wildman–Crippen MR) is 265 cm³/mol. The van der Waals surface area contributed by atoms with Crippen molar-refractivity contribution in [3.8, 4) is 0 Å². The van der Waals surface area contributed by atoms with Gasteiger partial charge in [-0.1, -0.05) is 276 Å². The van der Waals surface area contributed by atoms with Crippen LogP contribution in [-0.2, 0) is 4.79 Å². The molecule has 4 atom stereocenters. The Hall–Kier alpha value is -0.950. The quantitative estimate of drug-likeness (QED) is 0.0309. The molecular formula is C55H109NO5. The largest absolute Gasteiger partial charge is 0.394 e. The fraction of sp³-hybridized carbons (Fsp3) is 0.945. The van der Waals surface area contributed by atoms with E-state index in [2.05, 4.69) is 31.3 Å². The third-order valence-electron chi connectivity index (χ3n) is 13.2. The second-order valence-corrected chi connectivity index (χ2v) is 19.3. The van der Waals surface area contributed by atoms with E-state index in [9.17, 15) is 25.2 Å². The minimum atomic E-state index is -1.28. The highest BCUT2D eigenvalue weighted by Gasteiger charge is 2.28. The van der Waals surface area contributed by atoms with E-state index in [1.54, 1.807) is 0 Å². The van der Waals surface area contributed by atoms with Crippen LogP contribution in [0, 0.1) is 0 Å². The zero-order valence-electron chi connectivity index (χ0n) is 41.2. The van der Waals surface area contributed by atoms with Crippen molar-refractivity contribution in [2.75, 3.05) is 6.61 Å². The average molecular weight is 864 g/mol. The van der Waals surface area contributed by atoms with Crippen molar-refractivity contribution in [3.63, 3.8) is 0 Å². The number of amides is 1. The van der Waals surface area contributed by atoms with Crippen LogP contribution in [-0.4, -0.2) is 57.3 Å². The molecule has 364 valence electrons. The lowest BCUT2D eigenvalue weighted by atomic mass is 10.00. The normalized spacial score (nSPS) is 13.9. The summed E-state index contributed by atoms with van der Waals surface area (Å²) in [6, 6.07) is -0.998. The van der Waals surface area contributed by atoms with Gasteiger partial charge in [0.2, 0.25) is 5.91 Å². The molecule has 0 aliphatic carbocycles. The Balaban J connectivity index is 3.56. The number of carbonyl (C=O) groups excluding carboxylic acids is 1. The molecule has 5 N–H and O–H groups in total. The Labute approximate surface area is 381 Å². The molecule has 0 aromatic rings. The van der Waals surface area contributed by atoms with Crippen LogP contribution in [0.15, 0.2) is 12.2 Å². The van der Waals surface area contributed by atoms with Crippen molar-refractivity contribution in [1.82, 2.24) is 5.32 Å². The van der Waals surface area contributed by atoms with Crippen LogP contribution in [0.2, 0.25) is 0 Å². The van der Waals surface area contributed by atoms with Crippen LogP contribution >= 0.6 is 0 Å². The maximum Gasteiger partial charge on any atom is 0.249 e. The smallest absolute Gasteiger partial charge is 0.249 e. The van der Waals surface area contributed by atoms with Gasteiger partial charge in [-0.15, -0.1) is 0 Å². The zero-order chi connectivity index (χ0) is 44.5. The number of unbranched alkanes of at least 4 members (excludes halogenated alkanes) is 40. The molecule has 0 radical (unpaired) electrons. The predicted octanol–water partition coefficient (Wildman–Crippen LogP) is 15.7. The summed E-state index contributed by atoms with van der Waals surface area (Å²) in [5.41, 5.74) is 0. The molecule has 0 bridgehead atoms. The molecule has 6 heteroatoms. The molecule has 0 aromatic heterocycles. The first kappa shape index (κ1) is 60.1. The number of hydrogen-bond acceptors (Lipinski definition) is 5. The van der Waals surface area contributed by atoms with Crippen LogP contribution in [0.5, 0.6) is 0 Å². The van der Waals surface area contributed by atoms with Gasteiger partial charge in [0, 0.05) is 0 Å². The molecule has 0 rings (SSSR count). The number of carbonyl (C=O) groups is 1. The second kappa shape index (κ2) is 50.1. The molecule has 0 aliphatic rings.